The number of alkyl halides is 3. The quantitative estimate of drug-likeness (QED) is 0.250. The van der Waals surface area contributed by atoms with Gasteiger partial charge in [-0.2, -0.15) is 18.3 Å². The third-order valence-corrected chi connectivity index (χ3v) is 6.37. The van der Waals surface area contributed by atoms with Gasteiger partial charge in [0.05, 0.1) is 16.5 Å². The molecule has 1 atom stereocenters. The van der Waals surface area contributed by atoms with Crippen molar-refractivity contribution in [2.45, 2.75) is 25.3 Å². The molecule has 0 spiro atoms. The normalized spacial score (nSPS) is 14.6. The van der Waals surface area contributed by atoms with Gasteiger partial charge in [-0.25, -0.2) is 0 Å². The van der Waals surface area contributed by atoms with Gasteiger partial charge in [0.1, 0.15) is 18.9 Å². The summed E-state index contributed by atoms with van der Waals surface area (Å²) in [7, 11) is 0. The van der Waals surface area contributed by atoms with E-state index in [0.717, 1.165) is 29.5 Å². The molecule has 0 radical (unpaired) electrons. The van der Waals surface area contributed by atoms with Crippen LogP contribution < -0.4 is 10.6 Å². The van der Waals surface area contributed by atoms with Gasteiger partial charge >= 0.3 is 11.9 Å². The third kappa shape index (κ3) is 5.41. The van der Waals surface area contributed by atoms with Crippen LogP contribution in [0.2, 0.25) is 0 Å². The Morgan fingerprint density at radius 3 is 2.54 bits per heavy atom. The lowest BCUT2D eigenvalue weighted by Crippen LogP contribution is -2.25. The van der Waals surface area contributed by atoms with Crippen molar-refractivity contribution in [2.24, 2.45) is 0 Å². The lowest BCUT2D eigenvalue weighted by atomic mass is 9.97. The maximum atomic E-state index is 13.1. The number of hydrogen-bond donors (Lipinski definition) is 2. The maximum Gasteiger partial charge on any atom is 0.416 e. The number of carbonyl (C=O) groups excluding carboxylic acids is 2. The second kappa shape index (κ2) is 10.1. The predicted octanol–water partition coefficient (Wildman–Crippen LogP) is 5.14. The summed E-state index contributed by atoms with van der Waals surface area (Å²) >= 11 is 0. The molecule has 0 bridgehead atoms. The Hall–Kier alpha value is -4.84. The molecule has 2 N–H and O–H groups in total. The molecule has 5 rings (SSSR count). The first-order chi connectivity index (χ1) is 18.6. The second-order valence-electron chi connectivity index (χ2n) is 8.92. The summed E-state index contributed by atoms with van der Waals surface area (Å²) in [6.45, 7) is 0.223. The molecule has 12 heteroatoms. The summed E-state index contributed by atoms with van der Waals surface area (Å²) in [5.41, 5.74) is 2.27. The molecule has 0 fully saturated rings. The number of anilines is 1. The molecule has 1 unspecified atom stereocenters. The highest BCUT2D eigenvalue weighted by Gasteiger charge is 2.31. The Morgan fingerprint density at radius 2 is 1.85 bits per heavy atom. The van der Waals surface area contributed by atoms with Crippen molar-refractivity contribution >= 4 is 23.1 Å². The van der Waals surface area contributed by atoms with Crippen LogP contribution in [0.5, 0.6) is 0 Å². The maximum absolute atomic E-state index is 13.1. The van der Waals surface area contributed by atoms with Crippen LogP contribution in [-0.4, -0.2) is 26.4 Å². The van der Waals surface area contributed by atoms with Crippen molar-refractivity contribution in [2.75, 3.05) is 5.32 Å². The lowest BCUT2D eigenvalue weighted by Gasteiger charge is -2.13. The molecule has 198 valence electrons. The van der Waals surface area contributed by atoms with E-state index in [1.54, 1.807) is 42.5 Å². The number of Topliss-reactive ketones (excluding diaryl/α,β-unsaturated/α-hetero) is 1. The van der Waals surface area contributed by atoms with Crippen molar-refractivity contribution in [3.8, 4) is 11.1 Å². The minimum atomic E-state index is -4.46. The summed E-state index contributed by atoms with van der Waals surface area (Å²) in [4.78, 5) is 36.2. The zero-order valence-corrected chi connectivity index (χ0v) is 20.1. The average molecular weight is 535 g/mol. The zero-order valence-electron chi connectivity index (χ0n) is 20.1. The van der Waals surface area contributed by atoms with Crippen LogP contribution >= 0.6 is 0 Å². The molecule has 0 aliphatic carbocycles. The van der Waals surface area contributed by atoms with E-state index in [0.29, 0.717) is 23.4 Å². The van der Waals surface area contributed by atoms with Crippen molar-refractivity contribution in [3.05, 3.63) is 111 Å². The SMILES string of the molecule is O=C(Nc1ccc2c(c1)CNC2C(=O)Cn1cc([N+](=O)[O-])cn1)c1ccccc1-c1ccc(C(F)(F)F)cc1. The fourth-order valence-electron chi connectivity index (χ4n) is 4.48. The Morgan fingerprint density at radius 1 is 1.10 bits per heavy atom. The Balaban J connectivity index is 1.31. The van der Waals surface area contributed by atoms with Crippen molar-refractivity contribution in [3.63, 3.8) is 0 Å². The third-order valence-electron chi connectivity index (χ3n) is 6.37. The van der Waals surface area contributed by atoms with Crippen molar-refractivity contribution < 1.29 is 27.7 Å². The number of fused-ring (bicyclic) bond motifs is 1. The van der Waals surface area contributed by atoms with E-state index in [-0.39, 0.29) is 23.6 Å². The lowest BCUT2D eigenvalue weighted by molar-refractivity contribution is -0.385. The zero-order chi connectivity index (χ0) is 27.7. The fourth-order valence-corrected chi connectivity index (χ4v) is 4.48. The van der Waals surface area contributed by atoms with Crippen molar-refractivity contribution in [1.82, 2.24) is 15.1 Å². The van der Waals surface area contributed by atoms with Crippen LogP contribution in [0.15, 0.2) is 79.1 Å². The molecule has 4 aromatic rings. The largest absolute Gasteiger partial charge is 0.416 e. The van der Waals surface area contributed by atoms with E-state index in [4.69, 9.17) is 0 Å². The number of rotatable bonds is 7. The minimum absolute atomic E-state index is 0.149. The number of hydrogen-bond acceptors (Lipinski definition) is 6. The fraction of sp³-hybridized carbons (Fsp3) is 0.148. The molecule has 2 heterocycles. The molecular formula is C27H20F3N5O4. The van der Waals surface area contributed by atoms with Gasteiger partial charge in [0.2, 0.25) is 0 Å². The Kier molecular flexibility index (Phi) is 6.71. The highest BCUT2D eigenvalue weighted by Crippen LogP contribution is 2.33. The van der Waals surface area contributed by atoms with Gasteiger partial charge in [0.25, 0.3) is 5.91 Å². The molecule has 3 aromatic carbocycles. The summed E-state index contributed by atoms with van der Waals surface area (Å²) < 4.78 is 40.1. The van der Waals surface area contributed by atoms with Crippen LogP contribution in [0.4, 0.5) is 24.5 Å². The Labute approximate surface area is 219 Å². The number of halogens is 3. The molecule has 9 nitrogen and oxygen atoms in total. The standard InChI is InChI=1S/C27H20F3N5O4/c28-27(29,30)18-7-5-16(6-8-18)21-3-1-2-4-23(21)26(37)33-19-9-10-22-17(11-19)12-31-25(22)24(36)15-34-14-20(13-32-34)35(38)39/h1-11,13-14,25,31H,12,15H2,(H,33,37). The van der Waals surface area contributed by atoms with E-state index in [1.807, 2.05) is 0 Å². The van der Waals surface area contributed by atoms with Crippen LogP contribution in [0.1, 0.15) is 33.1 Å². The molecule has 39 heavy (non-hydrogen) atoms. The molecule has 0 saturated heterocycles. The van der Waals surface area contributed by atoms with Crippen LogP contribution in [0.3, 0.4) is 0 Å². The number of nitrogens with one attached hydrogen (secondary N) is 2. The van der Waals surface area contributed by atoms with Gasteiger partial charge in [-0.05, 0) is 52.6 Å². The summed E-state index contributed by atoms with van der Waals surface area (Å²) in [5, 5.41) is 20.6. The van der Waals surface area contributed by atoms with E-state index >= 15 is 0 Å². The summed E-state index contributed by atoms with van der Waals surface area (Å²) in [5.74, 6) is -0.668. The number of amides is 1. The van der Waals surface area contributed by atoms with E-state index < -0.39 is 28.6 Å². The monoisotopic (exact) mass is 535 g/mol. The van der Waals surface area contributed by atoms with Gasteiger partial charge in [-0.1, -0.05) is 36.4 Å². The van der Waals surface area contributed by atoms with E-state index in [1.165, 1.54) is 23.0 Å². The van der Waals surface area contributed by atoms with Gasteiger partial charge in [-0.15, -0.1) is 0 Å². The smallest absolute Gasteiger partial charge is 0.322 e. The minimum Gasteiger partial charge on any atom is -0.322 e. The van der Waals surface area contributed by atoms with Crippen LogP contribution in [-0.2, 0) is 24.1 Å². The van der Waals surface area contributed by atoms with Gasteiger partial charge in [0, 0.05) is 17.8 Å². The highest BCUT2D eigenvalue weighted by molar-refractivity contribution is 6.08. The molecular weight excluding hydrogens is 515 g/mol. The number of nitro groups is 1. The number of benzene rings is 3. The van der Waals surface area contributed by atoms with Gasteiger partial charge in [-0.3, -0.25) is 29.7 Å². The van der Waals surface area contributed by atoms with E-state index in [2.05, 4.69) is 15.7 Å². The van der Waals surface area contributed by atoms with Gasteiger partial charge < -0.3 is 5.32 Å². The van der Waals surface area contributed by atoms with Crippen molar-refractivity contribution in [1.29, 1.82) is 0 Å². The first-order valence-corrected chi connectivity index (χ1v) is 11.7. The van der Waals surface area contributed by atoms with E-state index in [9.17, 15) is 32.9 Å². The second-order valence-corrected chi connectivity index (χ2v) is 8.92. The number of carbonyl (C=O) groups is 2. The number of ketones is 1. The van der Waals surface area contributed by atoms with Crippen LogP contribution in [0, 0.1) is 10.1 Å². The molecule has 1 aliphatic heterocycles. The first kappa shape index (κ1) is 25.8. The predicted molar refractivity (Wildman–Crippen MR) is 135 cm³/mol. The number of nitrogens with zero attached hydrogens (tertiary/aromatic N) is 3. The first-order valence-electron chi connectivity index (χ1n) is 11.7. The molecule has 1 amide bonds. The Bertz CT molecular complexity index is 1580. The summed E-state index contributed by atoms with van der Waals surface area (Å²) in [6.07, 6.45) is -2.19. The van der Waals surface area contributed by atoms with Crippen LogP contribution in [0.25, 0.3) is 11.1 Å². The molecule has 0 saturated carbocycles. The average Bonchev–Trinajstić information content (AvgIpc) is 3.55. The number of aromatic nitrogens is 2. The molecule has 1 aliphatic rings. The highest BCUT2D eigenvalue weighted by atomic mass is 19.4. The molecule has 1 aromatic heterocycles. The topological polar surface area (TPSA) is 119 Å². The van der Waals surface area contributed by atoms with Gasteiger partial charge in [0.15, 0.2) is 5.78 Å². The summed E-state index contributed by atoms with van der Waals surface area (Å²) in [6, 6.07) is 15.7.